The number of hydrogen-bond acceptors (Lipinski definition) is 5. The van der Waals surface area contributed by atoms with Gasteiger partial charge in [0.1, 0.15) is 11.4 Å². The van der Waals surface area contributed by atoms with Crippen molar-refractivity contribution < 1.29 is 14.3 Å². The third kappa shape index (κ3) is 2.79. The molecule has 0 radical (unpaired) electrons. The fraction of sp³-hybridized carbons (Fsp3) is 0.444. The highest BCUT2D eigenvalue weighted by Crippen LogP contribution is 2.45. The number of amides is 1. The quantitative estimate of drug-likeness (QED) is 0.822. The Morgan fingerprint density at radius 2 is 2.04 bits per heavy atom. The molecule has 4 rings (SSSR count). The van der Waals surface area contributed by atoms with E-state index in [4.69, 9.17) is 4.74 Å². The number of H-pyrrole nitrogens is 1. The van der Waals surface area contributed by atoms with Crippen LogP contribution < -0.4 is 10.9 Å². The van der Waals surface area contributed by atoms with E-state index in [0.29, 0.717) is 16.7 Å². The molecular weight excluding hydrogens is 322 g/mol. The number of aromatic nitrogens is 2. The van der Waals surface area contributed by atoms with Crippen LogP contribution in [0.1, 0.15) is 37.9 Å². The van der Waals surface area contributed by atoms with E-state index in [9.17, 15) is 14.4 Å². The fourth-order valence-corrected chi connectivity index (χ4v) is 3.96. The van der Waals surface area contributed by atoms with Gasteiger partial charge < -0.3 is 15.0 Å². The molecule has 1 amide bonds. The van der Waals surface area contributed by atoms with Gasteiger partial charge in [-0.1, -0.05) is 12.1 Å². The molecule has 25 heavy (non-hydrogen) atoms. The van der Waals surface area contributed by atoms with Crippen LogP contribution in [-0.2, 0) is 20.9 Å². The number of rotatable bonds is 3. The normalized spacial score (nSPS) is 21.6. The molecule has 7 heteroatoms. The molecule has 1 aromatic heterocycles. The van der Waals surface area contributed by atoms with Crippen molar-refractivity contribution in [1.29, 1.82) is 0 Å². The van der Waals surface area contributed by atoms with Crippen LogP contribution in [0.25, 0.3) is 10.9 Å². The van der Waals surface area contributed by atoms with E-state index in [1.54, 1.807) is 18.2 Å². The molecule has 1 saturated heterocycles. The molecule has 7 nitrogen and oxygen atoms in total. The second-order valence-corrected chi connectivity index (χ2v) is 6.75. The highest BCUT2D eigenvalue weighted by Gasteiger charge is 2.53. The first-order valence-electron chi connectivity index (χ1n) is 8.55. The lowest BCUT2D eigenvalue weighted by Crippen LogP contribution is -2.42. The number of ether oxygens (including phenoxy) is 1. The van der Waals surface area contributed by atoms with E-state index in [1.807, 2.05) is 6.07 Å². The molecule has 1 aliphatic heterocycles. The Balaban J connectivity index is 1.50. The maximum Gasteiger partial charge on any atom is 0.307 e. The molecule has 1 aliphatic carbocycles. The smallest absolute Gasteiger partial charge is 0.307 e. The van der Waals surface area contributed by atoms with Crippen LogP contribution in [0.4, 0.5) is 0 Å². The van der Waals surface area contributed by atoms with Gasteiger partial charge in [0, 0.05) is 0 Å². The van der Waals surface area contributed by atoms with E-state index in [0.717, 1.165) is 25.7 Å². The van der Waals surface area contributed by atoms with E-state index < -0.39 is 11.5 Å². The first-order chi connectivity index (χ1) is 12.1. The van der Waals surface area contributed by atoms with Crippen molar-refractivity contribution in [3.63, 3.8) is 0 Å². The number of nitrogens with one attached hydrogen (secondary N) is 2. The molecule has 2 heterocycles. The van der Waals surface area contributed by atoms with Gasteiger partial charge in [0.25, 0.3) is 5.56 Å². The van der Waals surface area contributed by atoms with Gasteiger partial charge in [0.2, 0.25) is 5.91 Å². The lowest BCUT2D eigenvalue weighted by molar-refractivity contribution is -0.150. The summed E-state index contributed by atoms with van der Waals surface area (Å²) in [5, 5.41) is 3.31. The minimum Gasteiger partial charge on any atom is -0.458 e. The Labute approximate surface area is 143 Å². The highest BCUT2D eigenvalue weighted by molar-refractivity contribution is 5.88. The van der Waals surface area contributed by atoms with Crippen LogP contribution in [0.15, 0.2) is 29.1 Å². The topological polar surface area (TPSA) is 101 Å². The fourth-order valence-electron chi connectivity index (χ4n) is 3.96. The molecule has 2 aromatic rings. The number of carbonyl (C=O) groups excluding carboxylic acids is 2. The van der Waals surface area contributed by atoms with Crippen molar-refractivity contribution >= 4 is 22.8 Å². The number of fused-ring (bicyclic) bond motifs is 1. The first-order valence-corrected chi connectivity index (χ1v) is 8.55. The molecule has 1 saturated carbocycles. The second-order valence-electron chi connectivity index (χ2n) is 6.75. The van der Waals surface area contributed by atoms with Crippen molar-refractivity contribution in [2.75, 3.05) is 0 Å². The average molecular weight is 341 g/mol. The number of esters is 1. The van der Waals surface area contributed by atoms with E-state index in [1.165, 1.54) is 0 Å². The SMILES string of the molecule is O=C1C[C@@H](C(=O)NCc2nc3ccccc3c(=O)[nH]2)C2(CCCC2)O1. The second kappa shape index (κ2) is 5.98. The summed E-state index contributed by atoms with van der Waals surface area (Å²) < 4.78 is 5.50. The summed E-state index contributed by atoms with van der Waals surface area (Å²) in [5.74, 6) is -0.597. The molecular formula is C18H19N3O4. The van der Waals surface area contributed by atoms with Crippen molar-refractivity contribution in [2.45, 2.75) is 44.2 Å². The first kappa shape index (κ1) is 15.8. The monoisotopic (exact) mass is 341 g/mol. The Hall–Kier alpha value is -2.70. The lowest BCUT2D eigenvalue weighted by atomic mass is 9.85. The average Bonchev–Trinajstić information content (AvgIpc) is 3.20. The molecule has 1 aromatic carbocycles. The number of para-hydroxylation sites is 1. The van der Waals surface area contributed by atoms with Crippen LogP contribution in [-0.4, -0.2) is 27.4 Å². The van der Waals surface area contributed by atoms with E-state index in [-0.39, 0.29) is 30.4 Å². The predicted molar refractivity (Wildman–Crippen MR) is 89.6 cm³/mol. The highest BCUT2D eigenvalue weighted by atomic mass is 16.6. The molecule has 1 spiro atoms. The summed E-state index contributed by atoms with van der Waals surface area (Å²) >= 11 is 0. The minimum atomic E-state index is -0.634. The number of benzene rings is 1. The van der Waals surface area contributed by atoms with Gasteiger partial charge >= 0.3 is 5.97 Å². The van der Waals surface area contributed by atoms with Crippen molar-refractivity contribution in [1.82, 2.24) is 15.3 Å². The van der Waals surface area contributed by atoms with Crippen LogP contribution >= 0.6 is 0 Å². The van der Waals surface area contributed by atoms with Crippen LogP contribution in [0.3, 0.4) is 0 Å². The molecule has 130 valence electrons. The molecule has 2 aliphatic rings. The minimum absolute atomic E-state index is 0.111. The van der Waals surface area contributed by atoms with Gasteiger partial charge in [0.05, 0.1) is 29.8 Å². The molecule has 1 atom stereocenters. The summed E-state index contributed by atoms with van der Waals surface area (Å²) in [6, 6.07) is 7.04. The van der Waals surface area contributed by atoms with Crippen molar-refractivity contribution in [3.8, 4) is 0 Å². The Morgan fingerprint density at radius 1 is 1.28 bits per heavy atom. The zero-order valence-electron chi connectivity index (χ0n) is 13.7. The van der Waals surface area contributed by atoms with Gasteiger partial charge in [0.15, 0.2) is 0 Å². The Bertz CT molecular complexity index is 899. The zero-order valence-corrected chi connectivity index (χ0v) is 13.7. The summed E-state index contributed by atoms with van der Waals surface area (Å²) in [6.45, 7) is 0.111. The molecule has 0 bridgehead atoms. The summed E-state index contributed by atoms with van der Waals surface area (Å²) in [4.78, 5) is 43.5. The molecule has 0 unspecified atom stereocenters. The van der Waals surface area contributed by atoms with Crippen molar-refractivity contribution in [2.24, 2.45) is 5.92 Å². The maximum absolute atomic E-state index is 12.6. The summed E-state index contributed by atoms with van der Waals surface area (Å²) in [6.07, 6.45) is 3.53. The van der Waals surface area contributed by atoms with Gasteiger partial charge in [-0.2, -0.15) is 0 Å². The van der Waals surface area contributed by atoms with Crippen LogP contribution in [0, 0.1) is 5.92 Å². The Kier molecular flexibility index (Phi) is 3.78. The third-order valence-corrected chi connectivity index (χ3v) is 5.18. The maximum atomic E-state index is 12.6. The summed E-state index contributed by atoms with van der Waals surface area (Å²) in [7, 11) is 0. The third-order valence-electron chi connectivity index (χ3n) is 5.18. The van der Waals surface area contributed by atoms with Crippen LogP contribution in [0.5, 0.6) is 0 Å². The van der Waals surface area contributed by atoms with Gasteiger partial charge in [-0.3, -0.25) is 14.4 Å². The van der Waals surface area contributed by atoms with E-state index >= 15 is 0 Å². The number of nitrogens with zero attached hydrogens (tertiary/aromatic N) is 1. The van der Waals surface area contributed by atoms with E-state index in [2.05, 4.69) is 15.3 Å². The predicted octanol–water partition coefficient (Wildman–Crippen LogP) is 1.42. The summed E-state index contributed by atoms with van der Waals surface area (Å²) in [5.41, 5.74) is -0.283. The standard InChI is InChI=1S/C18H19N3O4/c22-15-9-12(18(25-15)7-3-4-8-18)17(24)19-10-14-20-13-6-2-1-5-11(13)16(23)21-14/h1-2,5-6,12H,3-4,7-10H2,(H,19,24)(H,20,21,23)/t12-/m0/s1. The van der Waals surface area contributed by atoms with Gasteiger partial charge in [-0.25, -0.2) is 4.98 Å². The van der Waals surface area contributed by atoms with Gasteiger partial charge in [-0.15, -0.1) is 0 Å². The Morgan fingerprint density at radius 3 is 2.84 bits per heavy atom. The lowest BCUT2D eigenvalue weighted by Gasteiger charge is -2.27. The molecule has 2 fully saturated rings. The largest absolute Gasteiger partial charge is 0.458 e. The van der Waals surface area contributed by atoms with Gasteiger partial charge in [-0.05, 0) is 37.8 Å². The molecule has 2 N–H and O–H groups in total. The number of carbonyl (C=O) groups is 2. The van der Waals surface area contributed by atoms with Crippen molar-refractivity contribution in [3.05, 3.63) is 40.4 Å². The number of aromatic amines is 1. The van der Waals surface area contributed by atoms with Crippen LogP contribution in [0.2, 0.25) is 0 Å². The zero-order chi connectivity index (χ0) is 17.4. The number of hydrogen-bond donors (Lipinski definition) is 2.